The molecule has 0 saturated heterocycles. The first kappa shape index (κ1) is 15.0. The number of carbonyl (C=O) groups is 1. The first-order chi connectivity index (χ1) is 8.52. The van der Waals surface area contributed by atoms with Crippen LogP contribution in [0, 0.1) is 5.82 Å². The highest BCUT2D eigenvalue weighted by Gasteiger charge is 2.12. The molecule has 1 aromatic rings. The average molecular weight is 326 g/mol. The lowest BCUT2D eigenvalue weighted by Gasteiger charge is -2.07. The van der Waals surface area contributed by atoms with Gasteiger partial charge in [-0.15, -0.1) is 0 Å². The number of hydrogen-bond acceptors (Lipinski definition) is 2. The van der Waals surface area contributed by atoms with Gasteiger partial charge in [-0.1, -0.05) is 6.07 Å². The fourth-order valence-electron chi connectivity index (χ4n) is 1.18. The monoisotopic (exact) mass is 325 g/mol. The molecule has 0 fully saturated rings. The van der Waals surface area contributed by atoms with Crippen LogP contribution in [0.15, 0.2) is 22.7 Å². The third-order valence-electron chi connectivity index (χ3n) is 1.97. The third kappa shape index (κ3) is 4.66. The molecule has 18 heavy (non-hydrogen) atoms. The van der Waals surface area contributed by atoms with Crippen molar-refractivity contribution in [3.8, 4) is 0 Å². The van der Waals surface area contributed by atoms with Crippen molar-refractivity contribution in [2.75, 3.05) is 19.8 Å². The normalized spacial score (nSPS) is 10.7. The van der Waals surface area contributed by atoms with Gasteiger partial charge in [0, 0.05) is 6.54 Å². The van der Waals surface area contributed by atoms with Crippen LogP contribution in [0.3, 0.4) is 0 Å². The summed E-state index contributed by atoms with van der Waals surface area (Å²) in [6.45, 7) is -0.614. The molecule has 0 aromatic heterocycles. The number of nitrogens with one attached hydrogen (secondary N) is 1. The first-order valence-electron chi connectivity index (χ1n) is 5.10. The Labute approximate surface area is 110 Å². The molecule has 0 bridgehead atoms. The quantitative estimate of drug-likeness (QED) is 0.816. The minimum absolute atomic E-state index is 0.0248. The molecular formula is C11H11BrF3NO2. The molecule has 0 radical (unpaired) electrons. The summed E-state index contributed by atoms with van der Waals surface area (Å²) in [5.41, 5.74) is 0.142. The maximum atomic E-state index is 13.1. The van der Waals surface area contributed by atoms with E-state index in [1.807, 2.05) is 0 Å². The maximum absolute atomic E-state index is 13.1. The summed E-state index contributed by atoms with van der Waals surface area (Å²) in [6.07, 6.45) is -2.53. The summed E-state index contributed by atoms with van der Waals surface area (Å²) >= 11 is 2.96. The smallest absolute Gasteiger partial charge is 0.261 e. The Morgan fingerprint density at radius 3 is 2.83 bits per heavy atom. The summed E-state index contributed by atoms with van der Waals surface area (Å²) in [5, 5.41) is 2.44. The molecule has 1 N–H and O–H groups in total. The molecule has 0 aliphatic heterocycles. The maximum Gasteiger partial charge on any atom is 0.261 e. The molecule has 0 heterocycles. The van der Waals surface area contributed by atoms with Crippen LogP contribution in [-0.2, 0) is 4.74 Å². The van der Waals surface area contributed by atoms with Crippen LogP contribution in [0.2, 0.25) is 0 Å². The van der Waals surface area contributed by atoms with E-state index in [4.69, 9.17) is 0 Å². The lowest BCUT2D eigenvalue weighted by atomic mass is 10.2. The lowest BCUT2D eigenvalue weighted by Crippen LogP contribution is -2.28. The predicted octanol–water partition coefficient (Wildman–Crippen LogP) is 2.60. The molecule has 100 valence electrons. The molecule has 1 rings (SSSR count). The van der Waals surface area contributed by atoms with E-state index < -0.39 is 24.8 Å². The Morgan fingerprint density at radius 1 is 1.44 bits per heavy atom. The van der Waals surface area contributed by atoms with Crippen LogP contribution in [0.5, 0.6) is 0 Å². The minimum atomic E-state index is -2.53. The summed E-state index contributed by atoms with van der Waals surface area (Å²) in [6, 6.07) is 4.07. The van der Waals surface area contributed by atoms with Crippen molar-refractivity contribution >= 4 is 21.8 Å². The Balaban J connectivity index is 2.39. The number of hydrogen-bond donors (Lipinski definition) is 1. The number of benzene rings is 1. The van der Waals surface area contributed by atoms with Crippen molar-refractivity contribution in [2.45, 2.75) is 6.43 Å². The lowest BCUT2D eigenvalue weighted by molar-refractivity contribution is 0.0188. The van der Waals surface area contributed by atoms with Gasteiger partial charge in [0.2, 0.25) is 0 Å². The van der Waals surface area contributed by atoms with E-state index in [1.54, 1.807) is 0 Å². The summed E-state index contributed by atoms with van der Waals surface area (Å²) in [7, 11) is 0. The number of ether oxygens (including phenoxy) is 1. The van der Waals surface area contributed by atoms with E-state index in [9.17, 15) is 18.0 Å². The van der Waals surface area contributed by atoms with E-state index in [2.05, 4.69) is 26.0 Å². The molecular weight excluding hydrogens is 315 g/mol. The molecule has 0 aliphatic carbocycles. The van der Waals surface area contributed by atoms with Crippen LogP contribution in [0.4, 0.5) is 13.2 Å². The molecule has 1 aromatic carbocycles. The summed E-state index contributed by atoms with van der Waals surface area (Å²) < 4.78 is 41.2. The van der Waals surface area contributed by atoms with Crippen molar-refractivity contribution in [2.24, 2.45) is 0 Å². The van der Waals surface area contributed by atoms with Crippen molar-refractivity contribution in [1.82, 2.24) is 5.32 Å². The number of alkyl halides is 2. The van der Waals surface area contributed by atoms with Gasteiger partial charge in [0.05, 0.1) is 16.6 Å². The largest absolute Gasteiger partial charge is 0.374 e. The van der Waals surface area contributed by atoms with Gasteiger partial charge in [-0.25, -0.2) is 13.2 Å². The van der Waals surface area contributed by atoms with Gasteiger partial charge < -0.3 is 10.1 Å². The van der Waals surface area contributed by atoms with Crippen molar-refractivity contribution in [3.05, 3.63) is 34.1 Å². The van der Waals surface area contributed by atoms with Crippen LogP contribution >= 0.6 is 15.9 Å². The number of carbonyl (C=O) groups excluding carboxylic acids is 1. The predicted molar refractivity (Wildman–Crippen MR) is 63.3 cm³/mol. The average Bonchev–Trinajstić information content (AvgIpc) is 2.31. The van der Waals surface area contributed by atoms with Crippen molar-refractivity contribution < 1.29 is 22.7 Å². The number of rotatable bonds is 6. The van der Waals surface area contributed by atoms with Crippen LogP contribution in [0.1, 0.15) is 10.4 Å². The fourth-order valence-corrected chi connectivity index (χ4v) is 1.63. The second kappa shape index (κ2) is 7.38. The van der Waals surface area contributed by atoms with Gasteiger partial charge in [-0.3, -0.25) is 4.79 Å². The number of amides is 1. The second-order valence-electron chi connectivity index (χ2n) is 3.32. The van der Waals surface area contributed by atoms with Gasteiger partial charge >= 0.3 is 0 Å². The molecule has 0 unspecified atom stereocenters. The van der Waals surface area contributed by atoms with Gasteiger partial charge in [-0.05, 0) is 28.1 Å². The van der Waals surface area contributed by atoms with Crippen LogP contribution < -0.4 is 5.32 Å². The van der Waals surface area contributed by atoms with Crippen molar-refractivity contribution in [1.29, 1.82) is 0 Å². The Morgan fingerprint density at radius 2 is 2.17 bits per heavy atom. The molecule has 0 saturated carbocycles. The standard InChI is InChI=1S/C11H11BrF3NO2/c12-10-7(2-1-3-8(10)13)11(17)16-4-5-18-6-9(14)15/h1-3,9H,4-6H2,(H,16,17). The Bertz CT molecular complexity index is 415. The van der Waals surface area contributed by atoms with Gasteiger partial charge in [-0.2, -0.15) is 0 Å². The zero-order chi connectivity index (χ0) is 13.5. The number of halogens is 4. The third-order valence-corrected chi connectivity index (χ3v) is 2.78. The zero-order valence-corrected chi connectivity index (χ0v) is 10.8. The molecule has 7 heteroatoms. The highest BCUT2D eigenvalue weighted by molar-refractivity contribution is 9.10. The van der Waals surface area contributed by atoms with E-state index in [1.165, 1.54) is 18.2 Å². The van der Waals surface area contributed by atoms with Crippen LogP contribution in [-0.4, -0.2) is 32.1 Å². The minimum Gasteiger partial charge on any atom is -0.374 e. The van der Waals surface area contributed by atoms with Gasteiger partial charge in [0.15, 0.2) is 0 Å². The van der Waals surface area contributed by atoms with E-state index in [-0.39, 0.29) is 23.2 Å². The molecule has 1 amide bonds. The van der Waals surface area contributed by atoms with E-state index in [0.29, 0.717) is 0 Å². The fraction of sp³-hybridized carbons (Fsp3) is 0.364. The zero-order valence-electron chi connectivity index (χ0n) is 9.26. The Hall–Kier alpha value is -1.08. The molecule has 3 nitrogen and oxygen atoms in total. The van der Waals surface area contributed by atoms with E-state index in [0.717, 1.165) is 0 Å². The Kier molecular flexibility index (Phi) is 6.14. The first-order valence-corrected chi connectivity index (χ1v) is 5.89. The summed E-state index contributed by atoms with van der Waals surface area (Å²) in [4.78, 5) is 11.6. The van der Waals surface area contributed by atoms with Gasteiger partial charge in [0.25, 0.3) is 12.3 Å². The van der Waals surface area contributed by atoms with E-state index >= 15 is 0 Å². The van der Waals surface area contributed by atoms with Gasteiger partial charge in [0.1, 0.15) is 12.4 Å². The second-order valence-corrected chi connectivity index (χ2v) is 4.12. The highest BCUT2D eigenvalue weighted by Crippen LogP contribution is 2.19. The van der Waals surface area contributed by atoms with Crippen LogP contribution in [0.25, 0.3) is 0 Å². The SMILES string of the molecule is O=C(NCCOCC(F)F)c1cccc(F)c1Br. The topological polar surface area (TPSA) is 38.3 Å². The molecule has 0 spiro atoms. The summed E-state index contributed by atoms with van der Waals surface area (Å²) in [5.74, 6) is -1.04. The molecule has 0 atom stereocenters. The van der Waals surface area contributed by atoms with Crippen molar-refractivity contribution in [3.63, 3.8) is 0 Å². The molecule has 0 aliphatic rings. The highest BCUT2D eigenvalue weighted by atomic mass is 79.9.